The van der Waals surface area contributed by atoms with Gasteiger partial charge in [0.2, 0.25) is 0 Å². The van der Waals surface area contributed by atoms with Crippen LogP contribution in [-0.4, -0.2) is 41.2 Å². The fourth-order valence-corrected chi connectivity index (χ4v) is 8.09. The molecule has 3 heterocycles. The molecule has 3 aliphatic rings. The highest BCUT2D eigenvalue weighted by atomic mass is 32.2. The first-order valence-corrected chi connectivity index (χ1v) is 19.9. The minimum atomic E-state index is -4.48. The van der Waals surface area contributed by atoms with Gasteiger partial charge < -0.3 is 13.9 Å². The lowest BCUT2D eigenvalue weighted by atomic mass is 9.70. The van der Waals surface area contributed by atoms with Crippen LogP contribution in [0.15, 0.2) is 24.3 Å². The molecular formula is C32H44F3NO6SSi. The molecule has 0 N–H and O–H groups in total. The first-order valence-electron chi connectivity index (χ1n) is 15.1. The molecule has 1 aromatic heterocycles. The molecule has 1 saturated heterocycles. The van der Waals surface area contributed by atoms with Crippen LogP contribution in [0.3, 0.4) is 0 Å². The van der Waals surface area contributed by atoms with Crippen molar-refractivity contribution in [2.75, 3.05) is 19.5 Å². The quantitative estimate of drug-likeness (QED) is 0.233. The molecule has 1 spiro atoms. The maximum Gasteiger partial charge on any atom is 0.416 e. The van der Waals surface area contributed by atoms with Crippen molar-refractivity contribution < 1.29 is 39.7 Å². The van der Waals surface area contributed by atoms with Crippen molar-refractivity contribution in [3.8, 4) is 0 Å². The fraction of sp³-hybridized carbons (Fsp3) is 0.656. The van der Waals surface area contributed by atoms with Gasteiger partial charge in [-0.1, -0.05) is 46.8 Å². The molecule has 2 aliphatic heterocycles. The molecule has 5 rings (SSSR count). The summed E-state index contributed by atoms with van der Waals surface area (Å²) in [4.78, 5) is 5.09. The van der Waals surface area contributed by atoms with Crippen LogP contribution in [0.2, 0.25) is 18.1 Å². The van der Waals surface area contributed by atoms with Crippen LogP contribution < -0.4 is 0 Å². The number of ether oxygens (including phenoxy) is 2. The molecule has 44 heavy (non-hydrogen) atoms. The topological polar surface area (TPSA) is 84.0 Å². The molecule has 7 nitrogen and oxygen atoms in total. The summed E-state index contributed by atoms with van der Waals surface area (Å²) in [6.07, 6.45) is -2.06. The normalized spacial score (nSPS) is 23.4. The second-order valence-electron chi connectivity index (χ2n) is 14.8. The average Bonchev–Trinajstić information content (AvgIpc) is 3.19. The van der Waals surface area contributed by atoms with Gasteiger partial charge in [-0.15, -0.1) is 0 Å². The maximum absolute atomic E-state index is 13.5. The number of rotatable bonds is 6. The smallest absolute Gasteiger partial charge is 0.410 e. The highest BCUT2D eigenvalue weighted by Gasteiger charge is 2.53. The largest absolute Gasteiger partial charge is 0.416 e. The Balaban J connectivity index is 1.77. The molecule has 12 heteroatoms. The Morgan fingerprint density at radius 3 is 2.20 bits per heavy atom. The monoisotopic (exact) mass is 655 g/mol. The van der Waals surface area contributed by atoms with Crippen LogP contribution in [-0.2, 0) is 53.0 Å². The lowest BCUT2D eigenvalue weighted by molar-refractivity contribution is -0.137. The van der Waals surface area contributed by atoms with E-state index in [1.807, 2.05) is 0 Å². The number of pyridine rings is 1. The van der Waals surface area contributed by atoms with E-state index in [9.17, 15) is 21.6 Å². The standard InChI is InChI=1S/C32H44F3NO6SSi/c1-29(2,3)44(7,8)42-24-18-30(4,5)17-22-25(24)27-26(23(36-22)19-40-43(6,37)38)28(41-31(27)13-15-39-16-14-31)20-9-11-21(12-10-20)32(33,34)35/h9-12,24,28H,13-19H2,1-8H3/t24?,28-/m1/s1. The summed E-state index contributed by atoms with van der Waals surface area (Å²) in [5.41, 5.74) is 2.63. The number of nitrogens with zero attached hydrogens (tertiary/aromatic N) is 1. The van der Waals surface area contributed by atoms with Gasteiger partial charge in [0.1, 0.15) is 12.7 Å². The fourth-order valence-electron chi connectivity index (χ4n) is 6.50. The van der Waals surface area contributed by atoms with E-state index in [1.165, 1.54) is 12.1 Å². The Kier molecular flexibility index (Phi) is 8.50. The minimum absolute atomic E-state index is 0.0513. The van der Waals surface area contributed by atoms with Crippen molar-refractivity contribution in [2.45, 2.75) is 109 Å². The van der Waals surface area contributed by atoms with Crippen LogP contribution in [0, 0.1) is 5.41 Å². The summed E-state index contributed by atoms with van der Waals surface area (Å²) in [6.45, 7) is 16.0. The molecular weight excluding hydrogens is 612 g/mol. The molecule has 1 aliphatic carbocycles. The van der Waals surface area contributed by atoms with Gasteiger partial charge >= 0.3 is 6.18 Å². The van der Waals surface area contributed by atoms with Gasteiger partial charge in [-0.25, -0.2) is 0 Å². The van der Waals surface area contributed by atoms with Crippen molar-refractivity contribution >= 4 is 18.4 Å². The first kappa shape index (κ1) is 33.5. The SMILES string of the molecule is CC1(C)Cc2nc(COS(C)(=O)=O)c3c(c2C(O[Si](C)(C)C(C)(C)C)C1)C1(CCOCC1)O[C@@H]3c1ccc(C(F)(F)F)cc1. The van der Waals surface area contributed by atoms with Gasteiger partial charge in [0.05, 0.1) is 29.2 Å². The van der Waals surface area contributed by atoms with E-state index < -0.39 is 41.9 Å². The summed E-state index contributed by atoms with van der Waals surface area (Å²) < 4.78 is 89.9. The predicted molar refractivity (Wildman–Crippen MR) is 163 cm³/mol. The Hall–Kier alpha value is -1.83. The summed E-state index contributed by atoms with van der Waals surface area (Å²) in [5, 5.41) is -0.0513. The molecule has 2 aromatic rings. The van der Waals surface area contributed by atoms with E-state index in [2.05, 4.69) is 47.7 Å². The number of hydrogen-bond donors (Lipinski definition) is 0. The van der Waals surface area contributed by atoms with E-state index in [-0.39, 0.29) is 23.2 Å². The van der Waals surface area contributed by atoms with Crippen molar-refractivity contribution in [1.29, 1.82) is 0 Å². The van der Waals surface area contributed by atoms with Gasteiger partial charge in [-0.3, -0.25) is 9.17 Å². The zero-order valence-electron chi connectivity index (χ0n) is 26.9. The summed E-state index contributed by atoms with van der Waals surface area (Å²) >= 11 is 0. The molecule has 0 amide bonds. The molecule has 244 valence electrons. The third-order valence-electron chi connectivity index (χ3n) is 9.69. The number of alkyl halides is 3. The Bertz CT molecular complexity index is 1510. The summed E-state index contributed by atoms with van der Waals surface area (Å²) in [5.74, 6) is 0. The molecule has 0 saturated carbocycles. The second kappa shape index (κ2) is 11.2. The number of halogens is 3. The number of aromatic nitrogens is 1. The Morgan fingerprint density at radius 2 is 1.66 bits per heavy atom. The summed E-state index contributed by atoms with van der Waals surface area (Å²) in [7, 11) is -6.10. The van der Waals surface area contributed by atoms with Gasteiger partial charge in [-0.05, 0) is 59.6 Å². The third-order valence-corrected chi connectivity index (χ3v) is 14.7. The Labute approximate surface area is 260 Å². The molecule has 2 atom stereocenters. The number of hydrogen-bond acceptors (Lipinski definition) is 7. The third kappa shape index (κ3) is 6.53. The summed E-state index contributed by atoms with van der Waals surface area (Å²) in [6, 6.07) is 4.97. The first-order chi connectivity index (χ1) is 20.1. The van der Waals surface area contributed by atoms with E-state index in [4.69, 9.17) is 23.1 Å². The van der Waals surface area contributed by atoms with Crippen molar-refractivity contribution in [2.24, 2.45) is 5.41 Å². The second-order valence-corrected chi connectivity index (χ2v) is 21.2. The molecule has 0 radical (unpaired) electrons. The van der Waals surface area contributed by atoms with Crippen LogP contribution in [0.1, 0.15) is 105 Å². The number of fused-ring (bicyclic) bond motifs is 4. The molecule has 0 bridgehead atoms. The van der Waals surface area contributed by atoms with E-state index in [1.54, 1.807) is 0 Å². The van der Waals surface area contributed by atoms with Crippen LogP contribution >= 0.6 is 0 Å². The highest BCUT2D eigenvalue weighted by molar-refractivity contribution is 7.85. The lowest BCUT2D eigenvalue weighted by Crippen LogP contribution is -2.45. The van der Waals surface area contributed by atoms with E-state index in [0.717, 1.165) is 41.6 Å². The predicted octanol–water partition coefficient (Wildman–Crippen LogP) is 7.74. The minimum Gasteiger partial charge on any atom is -0.410 e. The van der Waals surface area contributed by atoms with Crippen molar-refractivity contribution in [3.05, 3.63) is 63.5 Å². The highest BCUT2D eigenvalue weighted by Crippen LogP contribution is 2.58. The van der Waals surface area contributed by atoms with Gasteiger partial charge in [-0.2, -0.15) is 21.6 Å². The lowest BCUT2D eigenvalue weighted by Gasteiger charge is -2.46. The maximum atomic E-state index is 13.5. The average molecular weight is 656 g/mol. The van der Waals surface area contributed by atoms with Gasteiger partial charge in [0, 0.05) is 42.9 Å². The van der Waals surface area contributed by atoms with E-state index in [0.29, 0.717) is 49.3 Å². The molecule has 1 fully saturated rings. The van der Waals surface area contributed by atoms with Crippen LogP contribution in [0.4, 0.5) is 13.2 Å². The molecule has 1 aromatic carbocycles. The van der Waals surface area contributed by atoms with Crippen molar-refractivity contribution in [1.82, 2.24) is 4.98 Å². The van der Waals surface area contributed by atoms with Crippen LogP contribution in [0.25, 0.3) is 0 Å². The van der Waals surface area contributed by atoms with Crippen LogP contribution in [0.5, 0.6) is 0 Å². The van der Waals surface area contributed by atoms with Crippen molar-refractivity contribution in [3.63, 3.8) is 0 Å². The zero-order valence-corrected chi connectivity index (χ0v) is 28.7. The van der Waals surface area contributed by atoms with E-state index >= 15 is 0 Å². The van der Waals surface area contributed by atoms with Gasteiger partial charge in [0.25, 0.3) is 10.1 Å². The molecule has 1 unspecified atom stereocenters. The zero-order chi connectivity index (χ0) is 32.5. The Morgan fingerprint density at radius 1 is 1.05 bits per heavy atom. The van der Waals surface area contributed by atoms with Gasteiger partial charge in [0.15, 0.2) is 8.32 Å². The number of benzene rings is 1.